The number of aromatic nitrogens is 3. The second kappa shape index (κ2) is 7.71. The third kappa shape index (κ3) is 3.65. The summed E-state index contributed by atoms with van der Waals surface area (Å²) in [7, 11) is 0. The van der Waals surface area contributed by atoms with E-state index in [4.69, 9.17) is 5.11 Å². The summed E-state index contributed by atoms with van der Waals surface area (Å²) >= 11 is 0. The lowest BCUT2D eigenvalue weighted by molar-refractivity contribution is -0.0583. The van der Waals surface area contributed by atoms with Crippen molar-refractivity contribution in [1.29, 1.82) is 5.26 Å². The van der Waals surface area contributed by atoms with Crippen molar-refractivity contribution in [3.05, 3.63) is 58.3 Å². The van der Waals surface area contributed by atoms with Gasteiger partial charge in [0.1, 0.15) is 24.1 Å². The molecule has 1 aliphatic carbocycles. The zero-order valence-corrected chi connectivity index (χ0v) is 17.9. The number of anilines is 1. The number of nitrogens with zero attached hydrogens (tertiary/aromatic N) is 4. The normalized spacial score (nSPS) is 15.9. The number of aliphatic hydroxyl groups excluding tert-OH is 1. The summed E-state index contributed by atoms with van der Waals surface area (Å²) < 4.78 is 42.8. The number of hydrogen-bond acceptors (Lipinski definition) is 6. The molecular formula is C23H22F3N5O. The second-order valence-electron chi connectivity index (χ2n) is 8.24. The van der Waals surface area contributed by atoms with Crippen LogP contribution in [0.25, 0.3) is 11.0 Å². The lowest BCUT2D eigenvalue weighted by Crippen LogP contribution is -2.22. The first-order valence-corrected chi connectivity index (χ1v) is 10.2. The fourth-order valence-electron chi connectivity index (χ4n) is 3.95. The summed E-state index contributed by atoms with van der Waals surface area (Å²) in [5, 5.41) is 22.2. The Morgan fingerprint density at radius 2 is 1.97 bits per heavy atom. The molecule has 1 fully saturated rings. The van der Waals surface area contributed by atoms with Gasteiger partial charge in [-0.3, -0.25) is 0 Å². The van der Waals surface area contributed by atoms with Gasteiger partial charge in [0.2, 0.25) is 0 Å². The Morgan fingerprint density at radius 1 is 1.25 bits per heavy atom. The second-order valence-corrected chi connectivity index (χ2v) is 8.24. The summed E-state index contributed by atoms with van der Waals surface area (Å²) in [5.41, 5.74) is 0.554. The van der Waals surface area contributed by atoms with E-state index < -0.39 is 35.4 Å². The van der Waals surface area contributed by atoms with E-state index in [2.05, 4.69) is 26.3 Å². The van der Waals surface area contributed by atoms with E-state index >= 15 is 0 Å². The van der Waals surface area contributed by atoms with E-state index in [0.717, 1.165) is 30.2 Å². The number of halogens is 3. The third-order valence-electron chi connectivity index (χ3n) is 5.91. The highest BCUT2D eigenvalue weighted by molar-refractivity contribution is 5.88. The molecule has 2 heterocycles. The van der Waals surface area contributed by atoms with Gasteiger partial charge < -0.3 is 10.4 Å². The number of rotatable bonds is 6. The number of aliphatic hydroxyl groups is 1. The molecule has 32 heavy (non-hydrogen) atoms. The number of pyridine rings is 1. The Kier molecular flexibility index (Phi) is 5.29. The summed E-state index contributed by atoms with van der Waals surface area (Å²) in [5.74, 6) is -3.96. The van der Waals surface area contributed by atoms with Gasteiger partial charge in [0, 0.05) is 11.3 Å². The minimum Gasteiger partial charge on any atom is -0.390 e. The number of benzene rings is 1. The Balaban J connectivity index is 1.77. The molecule has 1 aliphatic rings. The van der Waals surface area contributed by atoms with Crippen LogP contribution in [0.3, 0.4) is 0 Å². The van der Waals surface area contributed by atoms with Gasteiger partial charge in [-0.05, 0) is 51.3 Å². The van der Waals surface area contributed by atoms with Crippen LogP contribution in [0, 0.1) is 31.0 Å². The smallest absolute Gasteiger partial charge is 0.298 e. The van der Waals surface area contributed by atoms with Crippen LogP contribution in [0.15, 0.2) is 24.3 Å². The molecule has 0 radical (unpaired) electrons. The van der Waals surface area contributed by atoms with Crippen LogP contribution in [0.4, 0.5) is 19.0 Å². The van der Waals surface area contributed by atoms with Crippen LogP contribution < -0.4 is 5.32 Å². The number of fused-ring (bicyclic) bond motifs is 1. The van der Waals surface area contributed by atoms with Gasteiger partial charge in [-0.1, -0.05) is 12.1 Å². The number of nitriles is 1. The Labute approximate surface area is 183 Å². The molecule has 166 valence electrons. The lowest BCUT2D eigenvalue weighted by Gasteiger charge is -2.21. The van der Waals surface area contributed by atoms with Crippen LogP contribution in [-0.4, -0.2) is 26.7 Å². The zero-order valence-electron chi connectivity index (χ0n) is 17.9. The quantitative estimate of drug-likeness (QED) is 0.581. The molecular weight excluding hydrogens is 419 g/mol. The number of aryl methyl sites for hydroxylation is 2. The van der Waals surface area contributed by atoms with Crippen molar-refractivity contribution in [2.75, 3.05) is 11.9 Å². The van der Waals surface area contributed by atoms with Gasteiger partial charge >= 0.3 is 0 Å². The number of alkyl halides is 2. The van der Waals surface area contributed by atoms with E-state index in [9.17, 15) is 18.4 Å². The molecule has 9 heteroatoms. The first kappa shape index (κ1) is 22.0. The summed E-state index contributed by atoms with van der Waals surface area (Å²) in [4.78, 5) is 13.4. The monoisotopic (exact) mass is 441 g/mol. The van der Waals surface area contributed by atoms with E-state index in [1.54, 1.807) is 13.8 Å². The van der Waals surface area contributed by atoms with Crippen molar-refractivity contribution in [3.8, 4) is 6.07 Å². The van der Waals surface area contributed by atoms with Gasteiger partial charge in [0.25, 0.3) is 5.92 Å². The van der Waals surface area contributed by atoms with Gasteiger partial charge in [0.05, 0.1) is 28.5 Å². The van der Waals surface area contributed by atoms with Crippen LogP contribution in [0.1, 0.15) is 54.0 Å². The first-order valence-electron chi connectivity index (χ1n) is 10.2. The molecule has 3 aromatic rings. The van der Waals surface area contributed by atoms with E-state index in [1.165, 1.54) is 12.1 Å². The van der Waals surface area contributed by atoms with Gasteiger partial charge in [-0.25, -0.2) is 19.3 Å². The molecule has 1 aromatic carbocycles. The summed E-state index contributed by atoms with van der Waals surface area (Å²) in [6.45, 7) is 3.67. The van der Waals surface area contributed by atoms with E-state index in [0.29, 0.717) is 22.7 Å². The molecule has 0 aliphatic heterocycles. The maximum atomic E-state index is 14.9. The Morgan fingerprint density at radius 3 is 2.59 bits per heavy atom. The minimum absolute atomic E-state index is 0.0102. The fourth-order valence-corrected chi connectivity index (χ4v) is 3.95. The molecule has 1 saturated carbocycles. The SMILES string of the molecule is Cc1nc(N[C@H](C)c2cccc(C(F)(F)CO)c2F)c2cc(C3(C#N)CC3)c(C)nc2n1. The molecule has 2 aromatic heterocycles. The predicted molar refractivity (Wildman–Crippen MR) is 113 cm³/mol. The highest BCUT2D eigenvalue weighted by Crippen LogP contribution is 2.49. The average molecular weight is 441 g/mol. The van der Waals surface area contributed by atoms with Crippen molar-refractivity contribution in [3.63, 3.8) is 0 Å². The minimum atomic E-state index is -3.69. The molecule has 4 rings (SSSR count). The zero-order chi connectivity index (χ0) is 23.3. The Hall–Kier alpha value is -3.25. The fraction of sp³-hybridized carbons (Fsp3) is 0.391. The molecule has 0 amide bonds. The maximum absolute atomic E-state index is 14.9. The molecule has 0 unspecified atom stereocenters. The summed E-state index contributed by atoms with van der Waals surface area (Å²) in [6.07, 6.45) is 1.50. The number of hydrogen-bond donors (Lipinski definition) is 2. The van der Waals surface area contributed by atoms with Crippen LogP contribution in [-0.2, 0) is 11.3 Å². The van der Waals surface area contributed by atoms with Crippen molar-refractivity contribution >= 4 is 16.9 Å². The standard InChI is InChI=1S/C23H22F3N5O/c1-12(15-5-4-6-17(19(15)24)23(25,26)11-32)28-20-16-9-18(22(10-27)7-8-22)13(2)29-21(16)31-14(3)30-20/h4-6,9,12,32H,7-8,11H2,1-3H3,(H,28,29,30,31)/t12-/m1/s1. The Bertz CT molecular complexity index is 1250. The van der Waals surface area contributed by atoms with E-state index in [-0.39, 0.29) is 5.56 Å². The van der Waals surface area contributed by atoms with E-state index in [1.807, 2.05) is 13.0 Å². The van der Waals surface area contributed by atoms with Crippen molar-refractivity contribution in [2.45, 2.75) is 51.0 Å². The lowest BCUT2D eigenvalue weighted by atomic mass is 9.95. The van der Waals surface area contributed by atoms with Crippen LogP contribution in [0.2, 0.25) is 0 Å². The highest BCUT2D eigenvalue weighted by Gasteiger charge is 2.46. The van der Waals surface area contributed by atoms with Gasteiger partial charge in [-0.2, -0.15) is 14.0 Å². The van der Waals surface area contributed by atoms with Crippen molar-refractivity contribution in [1.82, 2.24) is 15.0 Å². The molecule has 1 atom stereocenters. The van der Waals surface area contributed by atoms with Crippen LogP contribution >= 0.6 is 0 Å². The van der Waals surface area contributed by atoms with Gasteiger partial charge in [-0.15, -0.1) is 0 Å². The third-order valence-corrected chi connectivity index (χ3v) is 5.91. The highest BCUT2D eigenvalue weighted by atomic mass is 19.3. The van der Waals surface area contributed by atoms with Gasteiger partial charge in [0.15, 0.2) is 5.65 Å². The molecule has 2 N–H and O–H groups in total. The molecule has 0 bridgehead atoms. The molecule has 0 spiro atoms. The van der Waals surface area contributed by atoms with Crippen LogP contribution in [0.5, 0.6) is 0 Å². The number of nitrogens with one attached hydrogen (secondary N) is 1. The average Bonchev–Trinajstić information content (AvgIpc) is 3.54. The maximum Gasteiger partial charge on any atom is 0.298 e. The largest absolute Gasteiger partial charge is 0.390 e. The summed E-state index contributed by atoms with van der Waals surface area (Å²) in [6, 6.07) is 7.17. The topological polar surface area (TPSA) is 94.7 Å². The molecule has 6 nitrogen and oxygen atoms in total. The first-order chi connectivity index (χ1) is 15.1. The van der Waals surface area contributed by atoms with Crippen molar-refractivity contribution in [2.24, 2.45) is 0 Å². The molecule has 0 saturated heterocycles. The van der Waals surface area contributed by atoms with Crippen molar-refractivity contribution < 1.29 is 18.3 Å². The predicted octanol–water partition coefficient (Wildman–Crippen LogP) is 4.59.